The SMILES string of the molecule is O=C(c1ccc2c(=O)n(-c3ccccc3)c(=O)[nH]c2c1)N1CCc2ccccc2C1. The summed E-state index contributed by atoms with van der Waals surface area (Å²) in [7, 11) is 0. The normalized spacial score (nSPS) is 13.3. The van der Waals surface area contributed by atoms with Crippen LogP contribution in [0, 0.1) is 0 Å². The molecule has 1 N–H and O–H groups in total. The lowest BCUT2D eigenvalue weighted by Gasteiger charge is -2.29. The summed E-state index contributed by atoms with van der Waals surface area (Å²) in [5.41, 5.74) is 2.79. The van der Waals surface area contributed by atoms with Crippen molar-refractivity contribution in [3.05, 3.63) is 110 Å². The van der Waals surface area contributed by atoms with Gasteiger partial charge in [0, 0.05) is 18.7 Å². The zero-order valence-corrected chi connectivity index (χ0v) is 16.2. The van der Waals surface area contributed by atoms with Gasteiger partial charge < -0.3 is 9.88 Å². The lowest BCUT2D eigenvalue weighted by molar-refractivity contribution is 0.0735. The molecule has 1 aliphatic heterocycles. The van der Waals surface area contributed by atoms with Gasteiger partial charge in [-0.3, -0.25) is 9.59 Å². The second-order valence-electron chi connectivity index (χ2n) is 7.41. The third kappa shape index (κ3) is 3.03. The molecular weight excluding hydrogens is 378 g/mol. The second-order valence-corrected chi connectivity index (χ2v) is 7.41. The van der Waals surface area contributed by atoms with E-state index in [-0.39, 0.29) is 5.91 Å². The molecule has 0 radical (unpaired) electrons. The number of amides is 1. The third-order valence-electron chi connectivity index (χ3n) is 5.58. The molecule has 148 valence electrons. The van der Waals surface area contributed by atoms with Crippen LogP contribution in [-0.4, -0.2) is 26.9 Å². The van der Waals surface area contributed by atoms with Crippen molar-refractivity contribution in [1.29, 1.82) is 0 Å². The van der Waals surface area contributed by atoms with Gasteiger partial charge in [0.25, 0.3) is 11.5 Å². The smallest absolute Gasteiger partial charge is 0.333 e. The minimum Gasteiger partial charge on any atom is -0.334 e. The van der Waals surface area contributed by atoms with E-state index in [0.717, 1.165) is 16.6 Å². The van der Waals surface area contributed by atoms with Gasteiger partial charge >= 0.3 is 5.69 Å². The fourth-order valence-corrected chi connectivity index (χ4v) is 4.01. The average Bonchev–Trinajstić information content (AvgIpc) is 2.78. The van der Waals surface area contributed by atoms with Crippen molar-refractivity contribution in [2.24, 2.45) is 0 Å². The van der Waals surface area contributed by atoms with Crippen LogP contribution in [-0.2, 0) is 13.0 Å². The quantitative estimate of drug-likeness (QED) is 0.565. The van der Waals surface area contributed by atoms with E-state index in [2.05, 4.69) is 11.1 Å². The Morgan fingerprint density at radius 2 is 1.60 bits per heavy atom. The lowest BCUT2D eigenvalue weighted by Crippen LogP contribution is -2.36. The number of aromatic nitrogens is 2. The van der Waals surface area contributed by atoms with Crippen molar-refractivity contribution in [2.45, 2.75) is 13.0 Å². The third-order valence-corrected chi connectivity index (χ3v) is 5.58. The van der Waals surface area contributed by atoms with Crippen LogP contribution < -0.4 is 11.2 Å². The number of para-hydroxylation sites is 1. The number of carbonyl (C=O) groups excluding carboxylic acids is 1. The van der Waals surface area contributed by atoms with Crippen molar-refractivity contribution >= 4 is 16.8 Å². The predicted molar refractivity (Wildman–Crippen MR) is 115 cm³/mol. The summed E-state index contributed by atoms with van der Waals surface area (Å²) in [6.07, 6.45) is 0.814. The standard InChI is InChI=1S/C24H19N3O3/c28-22(26-13-12-16-6-4-5-7-18(16)15-26)17-10-11-20-21(14-17)25-24(30)27(23(20)29)19-8-2-1-3-9-19/h1-11,14H,12-13,15H2,(H,25,30). The van der Waals surface area contributed by atoms with E-state index >= 15 is 0 Å². The number of nitrogens with one attached hydrogen (secondary N) is 1. The summed E-state index contributed by atoms with van der Waals surface area (Å²) in [5, 5.41) is 0.360. The number of aromatic amines is 1. The van der Waals surface area contributed by atoms with Gasteiger partial charge in [-0.25, -0.2) is 9.36 Å². The Morgan fingerprint density at radius 1 is 0.867 bits per heavy atom. The van der Waals surface area contributed by atoms with Gasteiger partial charge in [0.05, 0.1) is 16.6 Å². The van der Waals surface area contributed by atoms with Gasteiger partial charge in [0.2, 0.25) is 0 Å². The van der Waals surface area contributed by atoms with E-state index in [9.17, 15) is 14.4 Å². The summed E-state index contributed by atoms with van der Waals surface area (Å²) in [6.45, 7) is 1.19. The van der Waals surface area contributed by atoms with Crippen LogP contribution in [0.1, 0.15) is 21.5 Å². The predicted octanol–water partition coefficient (Wildman–Crippen LogP) is 2.88. The first-order valence-electron chi connectivity index (χ1n) is 9.82. The van der Waals surface area contributed by atoms with Gasteiger partial charge in [-0.15, -0.1) is 0 Å². The Balaban J connectivity index is 1.52. The topological polar surface area (TPSA) is 75.2 Å². The molecule has 4 aromatic rings. The van der Waals surface area contributed by atoms with E-state index in [1.165, 1.54) is 5.56 Å². The van der Waals surface area contributed by atoms with Crippen LogP contribution in [0.5, 0.6) is 0 Å². The molecule has 0 atom stereocenters. The first-order valence-corrected chi connectivity index (χ1v) is 9.82. The van der Waals surface area contributed by atoms with Crippen LogP contribution in [0.15, 0.2) is 82.4 Å². The molecule has 2 heterocycles. The molecule has 0 saturated heterocycles. The molecule has 6 nitrogen and oxygen atoms in total. The number of carbonyl (C=O) groups is 1. The summed E-state index contributed by atoms with van der Waals surface area (Å²) in [5.74, 6) is -0.112. The van der Waals surface area contributed by atoms with Crippen molar-refractivity contribution in [3.63, 3.8) is 0 Å². The van der Waals surface area contributed by atoms with Crippen molar-refractivity contribution < 1.29 is 4.79 Å². The van der Waals surface area contributed by atoms with Gasteiger partial charge in [-0.1, -0.05) is 42.5 Å². The molecule has 6 heteroatoms. The van der Waals surface area contributed by atoms with Crippen LogP contribution in [0.4, 0.5) is 0 Å². The lowest BCUT2D eigenvalue weighted by atomic mass is 9.99. The Hall–Kier alpha value is -3.93. The Labute approximate surface area is 172 Å². The number of hydrogen-bond donors (Lipinski definition) is 1. The number of benzene rings is 3. The molecule has 0 fully saturated rings. The van der Waals surface area contributed by atoms with Gasteiger partial charge in [0.15, 0.2) is 0 Å². The first-order chi connectivity index (χ1) is 14.6. The maximum Gasteiger partial charge on any atom is 0.333 e. The highest BCUT2D eigenvalue weighted by Gasteiger charge is 2.22. The highest BCUT2D eigenvalue weighted by Crippen LogP contribution is 2.21. The van der Waals surface area contributed by atoms with Gasteiger partial charge in [0.1, 0.15) is 0 Å². The van der Waals surface area contributed by atoms with Crippen LogP contribution in [0.2, 0.25) is 0 Å². The highest BCUT2D eigenvalue weighted by molar-refractivity contribution is 5.97. The fraction of sp³-hybridized carbons (Fsp3) is 0.125. The van der Waals surface area contributed by atoms with E-state index in [0.29, 0.717) is 35.2 Å². The Morgan fingerprint density at radius 3 is 2.40 bits per heavy atom. The summed E-state index contributed by atoms with van der Waals surface area (Å²) in [6, 6.07) is 21.7. The average molecular weight is 397 g/mol. The summed E-state index contributed by atoms with van der Waals surface area (Å²) >= 11 is 0. The van der Waals surface area contributed by atoms with Crippen molar-refractivity contribution in [3.8, 4) is 5.69 Å². The van der Waals surface area contributed by atoms with E-state index in [1.54, 1.807) is 47.4 Å². The molecule has 5 rings (SSSR count). The highest BCUT2D eigenvalue weighted by atomic mass is 16.2. The summed E-state index contributed by atoms with van der Waals surface area (Å²) in [4.78, 5) is 43.1. The van der Waals surface area contributed by atoms with Gasteiger partial charge in [-0.2, -0.15) is 0 Å². The van der Waals surface area contributed by atoms with E-state index in [1.807, 2.05) is 24.3 Å². The molecule has 1 aliphatic rings. The van der Waals surface area contributed by atoms with Gasteiger partial charge in [-0.05, 0) is 47.9 Å². The summed E-state index contributed by atoms with van der Waals surface area (Å²) < 4.78 is 1.10. The van der Waals surface area contributed by atoms with Crippen molar-refractivity contribution in [1.82, 2.24) is 14.5 Å². The van der Waals surface area contributed by atoms with Crippen LogP contribution in [0.25, 0.3) is 16.6 Å². The Bertz CT molecular complexity index is 1390. The number of hydrogen-bond acceptors (Lipinski definition) is 3. The molecule has 0 aliphatic carbocycles. The minimum atomic E-state index is -0.532. The number of fused-ring (bicyclic) bond motifs is 2. The number of rotatable bonds is 2. The molecule has 0 spiro atoms. The largest absolute Gasteiger partial charge is 0.334 e. The fourth-order valence-electron chi connectivity index (χ4n) is 4.01. The second kappa shape index (κ2) is 7.15. The molecule has 0 unspecified atom stereocenters. The molecule has 1 amide bonds. The van der Waals surface area contributed by atoms with E-state index < -0.39 is 11.2 Å². The molecule has 0 bridgehead atoms. The number of nitrogens with zero attached hydrogens (tertiary/aromatic N) is 2. The zero-order valence-electron chi connectivity index (χ0n) is 16.2. The van der Waals surface area contributed by atoms with Crippen LogP contribution in [0.3, 0.4) is 0 Å². The Kier molecular flexibility index (Phi) is 4.32. The molecular formula is C24H19N3O3. The molecule has 0 saturated carbocycles. The van der Waals surface area contributed by atoms with Crippen LogP contribution >= 0.6 is 0 Å². The van der Waals surface area contributed by atoms with Crippen molar-refractivity contribution in [2.75, 3.05) is 6.54 Å². The first kappa shape index (κ1) is 18.1. The zero-order chi connectivity index (χ0) is 20.7. The monoisotopic (exact) mass is 397 g/mol. The number of H-pyrrole nitrogens is 1. The maximum absolute atomic E-state index is 13.1. The molecule has 1 aromatic heterocycles. The molecule has 3 aromatic carbocycles. The minimum absolute atomic E-state index is 0.112. The molecule has 30 heavy (non-hydrogen) atoms. The van der Waals surface area contributed by atoms with E-state index in [4.69, 9.17) is 0 Å². The maximum atomic E-state index is 13.1.